The van der Waals surface area contributed by atoms with Crippen LogP contribution >= 0.6 is 0 Å². The highest BCUT2D eigenvalue weighted by atomic mass is 19.4. The van der Waals surface area contributed by atoms with Gasteiger partial charge in [-0.05, 0) is 0 Å². The van der Waals surface area contributed by atoms with Gasteiger partial charge in [0, 0.05) is 0 Å². The Hall–Kier alpha value is -1.43. The quantitative estimate of drug-likeness (QED) is 0.359. The van der Waals surface area contributed by atoms with Crippen molar-refractivity contribution in [3.8, 4) is 0 Å². The Labute approximate surface area is 125 Å². The van der Waals surface area contributed by atoms with Crippen LogP contribution in [-0.4, -0.2) is 42.9 Å². The van der Waals surface area contributed by atoms with Gasteiger partial charge in [0.15, 0.2) is 0 Å². The van der Waals surface area contributed by atoms with Gasteiger partial charge in [-0.1, -0.05) is 0 Å². The van der Waals surface area contributed by atoms with E-state index in [0.29, 0.717) is 0 Å². The van der Waals surface area contributed by atoms with Crippen LogP contribution in [0.2, 0.25) is 0 Å². The van der Waals surface area contributed by atoms with Crippen molar-refractivity contribution in [2.24, 2.45) is 0 Å². The first-order chi connectivity index (χ1) is 10.6. The zero-order valence-electron chi connectivity index (χ0n) is 10.4. The predicted octanol–water partition coefficient (Wildman–Crippen LogP) is 4.02. The first kappa shape index (κ1) is 23.6. The smallest absolute Gasteiger partial charge is 0.259 e. The van der Waals surface area contributed by atoms with Crippen molar-refractivity contribution < 1.29 is 80.5 Å². The molecule has 150 valence electrons. The largest absolute Gasteiger partial charge is 0.529 e. The zero-order valence-corrected chi connectivity index (χ0v) is 10.4. The van der Waals surface area contributed by atoms with Gasteiger partial charge in [0.2, 0.25) is 0 Å². The molecule has 4 nitrogen and oxygen atoms in total. The van der Waals surface area contributed by atoms with Crippen molar-refractivity contribution in [1.29, 1.82) is 0 Å². The molecule has 0 spiro atoms. The summed E-state index contributed by atoms with van der Waals surface area (Å²) in [4.78, 5) is 9.76. The molecule has 0 N–H and O–H groups in total. The van der Waals surface area contributed by atoms with Crippen LogP contribution in [0.4, 0.5) is 61.5 Å². The maximum absolute atomic E-state index is 12.8. The van der Waals surface area contributed by atoms with Gasteiger partial charge in [-0.3, -0.25) is 9.53 Å². The molecular weight excluding hydrogens is 414 g/mol. The molecule has 1 atom stereocenters. The Morgan fingerprint density at radius 2 is 0.960 bits per heavy atom. The molecule has 0 bridgehead atoms. The van der Waals surface area contributed by atoms with Crippen molar-refractivity contribution in [3.05, 3.63) is 0 Å². The number of ether oxygens (including phenoxy) is 3. The number of rotatable bonds is 7. The van der Waals surface area contributed by atoms with Crippen LogP contribution in [-0.2, 0) is 19.0 Å². The molecule has 25 heavy (non-hydrogen) atoms. The van der Waals surface area contributed by atoms with Crippen LogP contribution in [0.3, 0.4) is 0 Å². The number of hydrogen-bond acceptors (Lipinski definition) is 4. The van der Waals surface area contributed by atoms with Crippen molar-refractivity contribution in [3.63, 3.8) is 0 Å². The molecule has 0 fully saturated rings. The minimum atomic E-state index is -7.24. The third-order valence-electron chi connectivity index (χ3n) is 1.71. The summed E-state index contributed by atoms with van der Waals surface area (Å²) in [5, 5.41) is 0. The molecule has 0 aliphatic carbocycles. The van der Waals surface area contributed by atoms with Crippen molar-refractivity contribution in [1.82, 2.24) is 0 Å². The lowest BCUT2D eigenvalue weighted by Crippen LogP contribution is -2.59. The highest BCUT2D eigenvalue weighted by molar-refractivity contribution is 5.77. The summed E-state index contributed by atoms with van der Waals surface area (Å²) >= 11 is 0. The Bertz CT molecular complexity index is 494. The van der Waals surface area contributed by atoms with Gasteiger partial charge in [-0.25, -0.2) is 4.74 Å². The molecule has 0 heterocycles. The van der Waals surface area contributed by atoms with E-state index >= 15 is 0 Å². The Morgan fingerprint density at radius 1 is 0.600 bits per heavy atom. The third kappa shape index (κ3) is 5.80. The fourth-order valence-corrected chi connectivity index (χ4v) is 0.810. The predicted molar refractivity (Wildman–Crippen MR) is 40.2 cm³/mol. The molecule has 0 aromatic rings. The normalized spacial score (nSPS) is 17.4. The summed E-state index contributed by atoms with van der Waals surface area (Å²) in [6.45, 7) is 0. The number of carbonyl (C=O) groups is 1. The molecule has 0 aliphatic heterocycles. The maximum Gasteiger partial charge on any atom is 0.529 e. The van der Waals surface area contributed by atoms with Crippen LogP contribution in [0.1, 0.15) is 0 Å². The lowest BCUT2D eigenvalue weighted by molar-refractivity contribution is -0.574. The van der Waals surface area contributed by atoms with Gasteiger partial charge >= 0.3 is 42.9 Å². The minimum Gasteiger partial charge on any atom is -0.259 e. The lowest BCUT2D eigenvalue weighted by Gasteiger charge is -2.32. The fraction of sp³-hybridized carbons (Fsp3) is 0.857. The number of carbonyl (C=O) groups excluding carboxylic acids is 1. The van der Waals surface area contributed by atoms with Gasteiger partial charge in [-0.15, -0.1) is 22.0 Å². The van der Waals surface area contributed by atoms with Gasteiger partial charge in [-0.2, -0.15) is 44.3 Å². The van der Waals surface area contributed by atoms with Crippen LogP contribution in [0.5, 0.6) is 0 Å². The number of hydrogen-bond donors (Lipinski definition) is 0. The van der Waals surface area contributed by atoms with Crippen LogP contribution in [0.25, 0.3) is 0 Å². The summed E-state index contributed by atoms with van der Waals surface area (Å²) in [6.07, 6.45) is -34.6. The van der Waals surface area contributed by atoms with E-state index in [1.54, 1.807) is 9.47 Å². The second-order valence-corrected chi connectivity index (χ2v) is 3.62. The van der Waals surface area contributed by atoms with E-state index in [-0.39, 0.29) is 0 Å². The third-order valence-corrected chi connectivity index (χ3v) is 1.71. The van der Waals surface area contributed by atoms with Crippen molar-refractivity contribution >= 4 is 6.04 Å². The van der Waals surface area contributed by atoms with E-state index in [4.69, 9.17) is 0 Å². The Balaban J connectivity index is 5.64. The number of halogens is 14. The second kappa shape index (κ2) is 6.38. The molecule has 0 rings (SSSR count). The lowest BCUT2D eigenvalue weighted by atomic mass is 10.3. The summed E-state index contributed by atoms with van der Waals surface area (Å²) in [7, 11) is 0. The molecule has 0 aromatic carbocycles. The van der Waals surface area contributed by atoms with E-state index in [9.17, 15) is 66.3 Å². The molecule has 0 saturated heterocycles. The van der Waals surface area contributed by atoms with Gasteiger partial charge in [0.05, 0.1) is 0 Å². The average Bonchev–Trinajstić information content (AvgIpc) is 2.20. The monoisotopic (exact) mass is 414 g/mol. The average molecular weight is 414 g/mol. The first-order valence-corrected chi connectivity index (χ1v) is 4.82. The second-order valence-electron chi connectivity index (χ2n) is 3.62. The van der Waals surface area contributed by atoms with Gasteiger partial charge in [0.1, 0.15) is 0 Å². The Kier molecular flexibility index (Phi) is 6.02. The summed E-state index contributed by atoms with van der Waals surface area (Å²) < 4.78 is 175. The summed E-state index contributed by atoms with van der Waals surface area (Å²) in [5.74, 6) is -6.79. The van der Waals surface area contributed by atoms with Crippen molar-refractivity contribution in [2.75, 3.05) is 0 Å². The number of alkyl halides is 13. The maximum atomic E-state index is 12.8. The van der Waals surface area contributed by atoms with E-state index in [1.807, 2.05) is 0 Å². The zero-order chi connectivity index (χ0) is 20.7. The topological polar surface area (TPSA) is 44.8 Å². The molecule has 0 saturated carbocycles. The van der Waals surface area contributed by atoms with Crippen LogP contribution in [0, 0.1) is 0 Å². The SMILES string of the molecule is O=C(F)C(F)(OC(F)(F)C(F)(F)OC(F)(F)OC(F)(F)F)C(F)(F)F. The molecule has 1 unspecified atom stereocenters. The van der Waals surface area contributed by atoms with E-state index in [2.05, 4.69) is 0 Å². The molecule has 0 aromatic heterocycles. The standard InChI is InChI=1S/C7F14O4/c8-1(22)2(9,3(10,11)12)23-4(13,14)5(15,16)24-7(20,21)25-6(17,18)19. The van der Waals surface area contributed by atoms with Crippen LogP contribution < -0.4 is 0 Å². The molecule has 18 heteroatoms. The Morgan fingerprint density at radius 3 is 1.24 bits per heavy atom. The molecular formula is C7F14O4. The summed E-state index contributed by atoms with van der Waals surface area (Å²) in [5.41, 5.74) is 0. The van der Waals surface area contributed by atoms with E-state index in [0.717, 1.165) is 0 Å². The van der Waals surface area contributed by atoms with Crippen molar-refractivity contribution in [2.45, 2.75) is 36.9 Å². The highest BCUT2D eigenvalue weighted by Gasteiger charge is 2.75. The van der Waals surface area contributed by atoms with Crippen LogP contribution in [0.15, 0.2) is 0 Å². The minimum absolute atomic E-state index is 1.52. The fourth-order valence-electron chi connectivity index (χ4n) is 0.810. The highest BCUT2D eigenvalue weighted by Crippen LogP contribution is 2.47. The summed E-state index contributed by atoms with van der Waals surface area (Å²) in [6, 6.07) is -4.46. The first-order valence-electron chi connectivity index (χ1n) is 4.82. The van der Waals surface area contributed by atoms with E-state index in [1.165, 1.54) is 4.74 Å². The van der Waals surface area contributed by atoms with E-state index < -0.39 is 42.9 Å². The molecule has 0 aliphatic rings. The van der Waals surface area contributed by atoms with Gasteiger partial charge in [0.25, 0.3) is 0 Å². The van der Waals surface area contributed by atoms with Gasteiger partial charge < -0.3 is 0 Å². The molecule has 0 amide bonds. The molecule has 0 radical (unpaired) electrons.